The van der Waals surface area contributed by atoms with Crippen LogP contribution in [0.5, 0.6) is 0 Å². The van der Waals surface area contributed by atoms with Gasteiger partial charge in [-0.1, -0.05) is 45.7 Å². The molecule has 1 unspecified atom stereocenters. The molecule has 1 atom stereocenters. The first-order valence-electron chi connectivity index (χ1n) is 5.73. The zero-order chi connectivity index (χ0) is 12.3. The molecular formula is C12H19ClN2O. The van der Waals surface area contributed by atoms with E-state index in [1.165, 1.54) is 6.07 Å². The van der Waals surface area contributed by atoms with Gasteiger partial charge in [-0.3, -0.25) is 9.36 Å². The average Bonchev–Trinajstić information content (AvgIpc) is 2.20. The van der Waals surface area contributed by atoms with Gasteiger partial charge >= 0.3 is 0 Å². The Labute approximate surface area is 101 Å². The van der Waals surface area contributed by atoms with Crippen molar-refractivity contribution in [3.05, 3.63) is 27.4 Å². The van der Waals surface area contributed by atoms with Gasteiger partial charge in [0.1, 0.15) is 11.0 Å². The fourth-order valence-electron chi connectivity index (χ4n) is 1.56. The highest BCUT2D eigenvalue weighted by Gasteiger charge is 2.13. The van der Waals surface area contributed by atoms with Gasteiger partial charge in [0.2, 0.25) is 0 Å². The molecule has 3 nitrogen and oxygen atoms in total. The van der Waals surface area contributed by atoms with Crippen LogP contribution in [0.4, 0.5) is 0 Å². The highest BCUT2D eigenvalue weighted by atomic mass is 35.5. The van der Waals surface area contributed by atoms with Crippen molar-refractivity contribution in [2.24, 2.45) is 5.92 Å². The van der Waals surface area contributed by atoms with Gasteiger partial charge in [0.15, 0.2) is 0 Å². The van der Waals surface area contributed by atoms with Gasteiger partial charge in [0.25, 0.3) is 5.56 Å². The Morgan fingerprint density at radius 1 is 1.44 bits per heavy atom. The van der Waals surface area contributed by atoms with E-state index in [0.29, 0.717) is 12.5 Å². The van der Waals surface area contributed by atoms with E-state index in [1.807, 2.05) is 13.8 Å². The average molecular weight is 243 g/mol. The minimum Gasteiger partial charge on any atom is -0.296 e. The molecule has 0 saturated heterocycles. The third-order valence-corrected chi connectivity index (χ3v) is 2.91. The van der Waals surface area contributed by atoms with Gasteiger partial charge in [0, 0.05) is 18.5 Å². The molecule has 0 aromatic carbocycles. The van der Waals surface area contributed by atoms with Gasteiger partial charge in [0.05, 0.1) is 0 Å². The number of aromatic nitrogens is 2. The van der Waals surface area contributed by atoms with Crippen LogP contribution in [-0.2, 0) is 6.54 Å². The summed E-state index contributed by atoms with van der Waals surface area (Å²) in [5, 5.41) is 0.286. The second kappa shape index (κ2) is 5.48. The summed E-state index contributed by atoms with van der Waals surface area (Å²) in [6.45, 7) is 9.00. The number of halogens is 1. The van der Waals surface area contributed by atoms with E-state index in [4.69, 9.17) is 11.6 Å². The van der Waals surface area contributed by atoms with Crippen LogP contribution >= 0.6 is 11.6 Å². The lowest BCUT2D eigenvalue weighted by atomic mass is 10.1. The predicted octanol–water partition coefficient (Wildman–Crippen LogP) is 3.07. The smallest absolute Gasteiger partial charge is 0.254 e. The maximum atomic E-state index is 11.9. The largest absolute Gasteiger partial charge is 0.296 e. The summed E-state index contributed by atoms with van der Waals surface area (Å²) < 4.78 is 1.74. The van der Waals surface area contributed by atoms with Crippen molar-refractivity contribution in [1.82, 2.24) is 9.55 Å². The molecule has 1 rings (SSSR count). The molecule has 0 fully saturated rings. The molecule has 1 heterocycles. The molecule has 0 aliphatic heterocycles. The molecule has 0 N–H and O–H groups in total. The van der Waals surface area contributed by atoms with Crippen molar-refractivity contribution in [2.75, 3.05) is 0 Å². The third-order valence-electron chi connectivity index (χ3n) is 2.71. The van der Waals surface area contributed by atoms with Crippen molar-refractivity contribution in [3.63, 3.8) is 0 Å². The summed E-state index contributed by atoms with van der Waals surface area (Å²) in [6.07, 6.45) is 1.05. The molecule has 90 valence electrons. The second-order valence-corrected chi connectivity index (χ2v) is 4.94. The maximum absolute atomic E-state index is 11.9. The lowest BCUT2D eigenvalue weighted by Gasteiger charge is -2.17. The minimum absolute atomic E-state index is 0.0519. The van der Waals surface area contributed by atoms with Gasteiger partial charge in [-0.15, -0.1) is 0 Å². The Hall–Kier alpha value is -0.830. The van der Waals surface area contributed by atoms with Crippen LogP contribution in [0.2, 0.25) is 5.15 Å². The Balaban J connectivity index is 3.19. The van der Waals surface area contributed by atoms with Crippen molar-refractivity contribution in [3.8, 4) is 0 Å². The molecule has 0 aliphatic rings. The van der Waals surface area contributed by atoms with Crippen molar-refractivity contribution < 1.29 is 0 Å². The Morgan fingerprint density at radius 2 is 2.06 bits per heavy atom. The van der Waals surface area contributed by atoms with Crippen molar-refractivity contribution in [2.45, 2.75) is 46.6 Å². The molecule has 0 aliphatic carbocycles. The lowest BCUT2D eigenvalue weighted by molar-refractivity contribution is 0.436. The number of nitrogens with zero attached hydrogens (tertiary/aromatic N) is 2. The van der Waals surface area contributed by atoms with E-state index in [1.54, 1.807) is 4.57 Å². The first-order chi connectivity index (χ1) is 7.45. The van der Waals surface area contributed by atoms with Crippen LogP contribution in [-0.4, -0.2) is 9.55 Å². The molecule has 0 spiro atoms. The molecule has 4 heteroatoms. The SMILES string of the molecule is CCC(C)Cn1c(C(C)C)nc(Cl)cc1=O. The molecule has 1 aromatic rings. The standard InChI is InChI=1S/C12H19ClN2O/c1-5-9(4)7-15-11(16)6-10(13)14-12(15)8(2)3/h6,8-9H,5,7H2,1-4H3. The summed E-state index contributed by atoms with van der Waals surface area (Å²) in [5.74, 6) is 1.45. The van der Waals surface area contributed by atoms with Crippen LogP contribution in [0, 0.1) is 5.92 Å². The van der Waals surface area contributed by atoms with E-state index in [-0.39, 0.29) is 16.6 Å². The van der Waals surface area contributed by atoms with Crippen LogP contribution in [0.15, 0.2) is 10.9 Å². The van der Waals surface area contributed by atoms with Crippen LogP contribution in [0.3, 0.4) is 0 Å². The first kappa shape index (κ1) is 13.2. The Kier molecular flexibility index (Phi) is 4.54. The van der Waals surface area contributed by atoms with Crippen molar-refractivity contribution in [1.29, 1.82) is 0 Å². The van der Waals surface area contributed by atoms with Crippen LogP contribution < -0.4 is 5.56 Å². The van der Waals surface area contributed by atoms with Gasteiger partial charge in [-0.05, 0) is 5.92 Å². The summed E-state index contributed by atoms with van der Waals surface area (Å²) in [6, 6.07) is 1.38. The van der Waals surface area contributed by atoms with E-state index in [9.17, 15) is 4.79 Å². The highest BCUT2D eigenvalue weighted by Crippen LogP contribution is 2.14. The second-order valence-electron chi connectivity index (χ2n) is 4.55. The van der Waals surface area contributed by atoms with E-state index < -0.39 is 0 Å². The summed E-state index contributed by atoms with van der Waals surface area (Å²) in [4.78, 5) is 16.1. The van der Waals surface area contributed by atoms with Gasteiger partial charge in [-0.25, -0.2) is 4.98 Å². The molecule has 0 radical (unpaired) electrons. The summed E-state index contributed by atoms with van der Waals surface area (Å²) >= 11 is 5.81. The molecule has 1 aromatic heterocycles. The quantitative estimate of drug-likeness (QED) is 0.761. The van der Waals surface area contributed by atoms with Gasteiger partial charge in [-0.2, -0.15) is 0 Å². The first-order valence-corrected chi connectivity index (χ1v) is 6.10. The fourth-order valence-corrected chi connectivity index (χ4v) is 1.74. The molecule has 0 saturated carbocycles. The third kappa shape index (κ3) is 3.08. The zero-order valence-electron chi connectivity index (χ0n) is 10.3. The van der Waals surface area contributed by atoms with Crippen LogP contribution in [0.1, 0.15) is 45.9 Å². The molecular weight excluding hydrogens is 224 g/mol. The highest BCUT2D eigenvalue weighted by molar-refractivity contribution is 6.29. The number of hydrogen-bond donors (Lipinski definition) is 0. The van der Waals surface area contributed by atoms with E-state index >= 15 is 0 Å². The predicted molar refractivity (Wildman–Crippen MR) is 67.1 cm³/mol. The molecule has 16 heavy (non-hydrogen) atoms. The van der Waals surface area contributed by atoms with Crippen LogP contribution in [0.25, 0.3) is 0 Å². The van der Waals surface area contributed by atoms with Crippen molar-refractivity contribution >= 4 is 11.6 Å². The zero-order valence-corrected chi connectivity index (χ0v) is 11.1. The normalized spacial score (nSPS) is 13.1. The fraction of sp³-hybridized carbons (Fsp3) is 0.667. The van der Waals surface area contributed by atoms with E-state index in [2.05, 4.69) is 18.8 Å². The topological polar surface area (TPSA) is 34.9 Å². The molecule has 0 bridgehead atoms. The number of rotatable bonds is 4. The summed E-state index contributed by atoms with van der Waals surface area (Å²) in [7, 11) is 0. The Bertz CT molecular complexity index is 412. The molecule has 0 amide bonds. The maximum Gasteiger partial charge on any atom is 0.254 e. The minimum atomic E-state index is -0.0519. The lowest BCUT2D eigenvalue weighted by Crippen LogP contribution is -2.27. The van der Waals surface area contributed by atoms with E-state index in [0.717, 1.165) is 12.2 Å². The number of hydrogen-bond acceptors (Lipinski definition) is 2. The van der Waals surface area contributed by atoms with Gasteiger partial charge < -0.3 is 0 Å². The summed E-state index contributed by atoms with van der Waals surface area (Å²) in [5.41, 5.74) is -0.0519. The monoisotopic (exact) mass is 242 g/mol. The Morgan fingerprint density at radius 3 is 2.56 bits per heavy atom.